The predicted molar refractivity (Wildman–Crippen MR) is 72.9 cm³/mol. The molecule has 2 aliphatic heterocycles. The monoisotopic (exact) mass is 301 g/mol. The van der Waals surface area contributed by atoms with E-state index >= 15 is 0 Å². The van der Waals surface area contributed by atoms with Gasteiger partial charge < -0.3 is 24.6 Å². The molecule has 2 rings (SSSR count). The smallest absolute Gasteiger partial charge is 0.332 e. The molecule has 0 radical (unpaired) electrons. The number of carbonyl (C=O) groups excluding carboxylic acids is 1. The van der Waals surface area contributed by atoms with Gasteiger partial charge in [-0.3, -0.25) is 4.79 Å². The summed E-state index contributed by atoms with van der Waals surface area (Å²) in [5.74, 6) is -0.739. The number of amides is 1. The fraction of sp³-hybridized carbons (Fsp3) is 0.857. The molecular formula is C14H23NO6. The Morgan fingerprint density at radius 3 is 2.71 bits per heavy atom. The molecule has 0 aromatic carbocycles. The Hall–Kier alpha value is -1.18. The minimum Gasteiger partial charge on any atom is -0.479 e. The summed E-state index contributed by atoms with van der Waals surface area (Å²) in [6.07, 6.45) is 1.15. The third-order valence-corrected chi connectivity index (χ3v) is 3.73. The van der Waals surface area contributed by atoms with Gasteiger partial charge in [-0.2, -0.15) is 0 Å². The third-order valence-electron chi connectivity index (χ3n) is 3.73. The van der Waals surface area contributed by atoms with E-state index in [4.69, 9.17) is 19.3 Å². The molecule has 0 bridgehead atoms. The molecule has 0 aromatic rings. The van der Waals surface area contributed by atoms with Crippen LogP contribution in [0.25, 0.3) is 0 Å². The van der Waals surface area contributed by atoms with Crippen molar-refractivity contribution < 1.29 is 28.9 Å². The first-order chi connectivity index (χ1) is 10.2. The molecule has 1 unspecified atom stereocenters. The van der Waals surface area contributed by atoms with Crippen LogP contribution in [0.1, 0.15) is 25.7 Å². The summed E-state index contributed by atoms with van der Waals surface area (Å²) in [5.41, 5.74) is 0. The van der Waals surface area contributed by atoms with Crippen molar-refractivity contribution in [1.82, 2.24) is 5.32 Å². The number of hydrogen-bond donors (Lipinski definition) is 2. The van der Waals surface area contributed by atoms with E-state index in [9.17, 15) is 9.59 Å². The van der Waals surface area contributed by atoms with Crippen molar-refractivity contribution in [2.75, 3.05) is 33.0 Å². The van der Waals surface area contributed by atoms with E-state index in [1.54, 1.807) is 0 Å². The van der Waals surface area contributed by atoms with Crippen LogP contribution in [0.5, 0.6) is 0 Å². The highest BCUT2D eigenvalue weighted by atomic mass is 16.5. The Morgan fingerprint density at radius 2 is 2.05 bits per heavy atom. The molecule has 0 aliphatic carbocycles. The van der Waals surface area contributed by atoms with Gasteiger partial charge in [-0.25, -0.2) is 4.79 Å². The molecule has 7 nitrogen and oxygen atoms in total. The van der Waals surface area contributed by atoms with Gasteiger partial charge in [-0.1, -0.05) is 0 Å². The van der Waals surface area contributed by atoms with Crippen molar-refractivity contribution in [3.05, 3.63) is 0 Å². The normalized spacial score (nSPS) is 28.7. The molecule has 0 spiro atoms. The zero-order valence-electron chi connectivity index (χ0n) is 12.1. The maximum absolute atomic E-state index is 11.8. The first-order valence-corrected chi connectivity index (χ1v) is 7.48. The van der Waals surface area contributed by atoms with E-state index in [1.807, 2.05) is 0 Å². The molecule has 2 N–H and O–H groups in total. The first-order valence-electron chi connectivity index (χ1n) is 7.48. The van der Waals surface area contributed by atoms with Crippen LogP contribution >= 0.6 is 0 Å². The van der Waals surface area contributed by atoms with Gasteiger partial charge >= 0.3 is 5.97 Å². The van der Waals surface area contributed by atoms with Gasteiger partial charge in [0, 0.05) is 25.7 Å². The lowest BCUT2D eigenvalue weighted by molar-refractivity contribution is -0.151. The van der Waals surface area contributed by atoms with Gasteiger partial charge in [0.1, 0.15) is 6.10 Å². The van der Waals surface area contributed by atoms with Gasteiger partial charge in [0.05, 0.1) is 13.2 Å². The number of carbonyl (C=O) groups is 2. The SMILES string of the molecule is O=C(NCCCOCC1CCOC1)[C@@H]1CC[C@H](C(=O)O)O1. The molecule has 2 fully saturated rings. The summed E-state index contributed by atoms with van der Waals surface area (Å²) in [4.78, 5) is 22.5. The van der Waals surface area contributed by atoms with Gasteiger partial charge in [0.2, 0.25) is 5.91 Å². The van der Waals surface area contributed by atoms with E-state index in [2.05, 4.69) is 5.32 Å². The van der Waals surface area contributed by atoms with Crippen molar-refractivity contribution in [3.8, 4) is 0 Å². The Balaban J connectivity index is 1.48. The molecule has 0 aromatic heterocycles. The number of rotatable bonds is 8. The Morgan fingerprint density at radius 1 is 1.24 bits per heavy atom. The Bertz CT molecular complexity index is 355. The molecule has 2 heterocycles. The van der Waals surface area contributed by atoms with E-state index in [-0.39, 0.29) is 5.91 Å². The molecule has 3 atom stereocenters. The Labute approximate surface area is 123 Å². The van der Waals surface area contributed by atoms with Gasteiger partial charge in [-0.05, 0) is 25.7 Å². The number of aliphatic carboxylic acids is 1. The summed E-state index contributed by atoms with van der Waals surface area (Å²) in [6.45, 7) is 3.42. The van der Waals surface area contributed by atoms with Crippen molar-refractivity contribution >= 4 is 11.9 Å². The van der Waals surface area contributed by atoms with Crippen LogP contribution in [0.3, 0.4) is 0 Å². The maximum Gasteiger partial charge on any atom is 0.332 e. The predicted octanol–water partition coefficient (Wildman–Crippen LogP) is 0.178. The maximum atomic E-state index is 11.8. The topological polar surface area (TPSA) is 94.1 Å². The zero-order chi connectivity index (χ0) is 15.1. The second-order valence-electron chi connectivity index (χ2n) is 5.48. The summed E-state index contributed by atoms with van der Waals surface area (Å²) < 4.78 is 16.0. The van der Waals surface area contributed by atoms with Crippen LogP contribution in [0.2, 0.25) is 0 Å². The van der Waals surface area contributed by atoms with Crippen molar-refractivity contribution in [2.24, 2.45) is 5.92 Å². The Kier molecular flexibility index (Phi) is 6.41. The molecule has 2 saturated heterocycles. The number of hydrogen-bond acceptors (Lipinski definition) is 5. The van der Waals surface area contributed by atoms with E-state index < -0.39 is 18.2 Å². The average molecular weight is 301 g/mol. The molecule has 21 heavy (non-hydrogen) atoms. The van der Waals surface area contributed by atoms with Crippen molar-refractivity contribution in [3.63, 3.8) is 0 Å². The summed E-state index contributed by atoms with van der Waals surface area (Å²) in [6, 6.07) is 0. The van der Waals surface area contributed by atoms with Crippen LogP contribution in [0.4, 0.5) is 0 Å². The molecule has 7 heteroatoms. The second kappa shape index (κ2) is 8.31. The summed E-state index contributed by atoms with van der Waals surface area (Å²) in [7, 11) is 0. The van der Waals surface area contributed by atoms with Crippen LogP contribution in [-0.2, 0) is 23.8 Å². The van der Waals surface area contributed by atoms with Gasteiger partial charge in [0.25, 0.3) is 0 Å². The molecule has 1 amide bonds. The van der Waals surface area contributed by atoms with E-state index in [0.29, 0.717) is 38.5 Å². The van der Waals surface area contributed by atoms with Crippen molar-refractivity contribution in [2.45, 2.75) is 37.9 Å². The number of ether oxygens (including phenoxy) is 3. The lowest BCUT2D eigenvalue weighted by atomic mass is 10.1. The fourth-order valence-electron chi connectivity index (χ4n) is 2.48. The quantitative estimate of drug-likeness (QED) is 0.621. The standard InChI is InChI=1S/C14H23NO6/c16-13(11-2-3-12(21-11)14(17)18)15-5-1-6-19-8-10-4-7-20-9-10/h10-12H,1-9H2,(H,15,16)(H,17,18)/t10?,11-,12+/m0/s1. The highest BCUT2D eigenvalue weighted by molar-refractivity contribution is 5.82. The molecule has 120 valence electrons. The second-order valence-corrected chi connectivity index (χ2v) is 5.48. The average Bonchev–Trinajstić information content (AvgIpc) is 3.13. The van der Waals surface area contributed by atoms with Crippen LogP contribution in [-0.4, -0.2) is 62.2 Å². The number of carboxylic acid groups (broad SMARTS) is 1. The molecular weight excluding hydrogens is 278 g/mol. The van der Waals surface area contributed by atoms with Gasteiger partial charge in [0.15, 0.2) is 6.10 Å². The zero-order valence-corrected chi connectivity index (χ0v) is 12.1. The number of nitrogens with one attached hydrogen (secondary N) is 1. The number of carboxylic acids is 1. The molecule has 0 saturated carbocycles. The minimum absolute atomic E-state index is 0.233. The van der Waals surface area contributed by atoms with Crippen LogP contribution in [0.15, 0.2) is 0 Å². The van der Waals surface area contributed by atoms with Gasteiger partial charge in [-0.15, -0.1) is 0 Å². The molecule has 2 aliphatic rings. The van der Waals surface area contributed by atoms with Crippen LogP contribution < -0.4 is 5.32 Å². The highest BCUT2D eigenvalue weighted by Crippen LogP contribution is 2.19. The lowest BCUT2D eigenvalue weighted by Gasteiger charge is -2.12. The summed E-state index contributed by atoms with van der Waals surface area (Å²) >= 11 is 0. The highest BCUT2D eigenvalue weighted by Gasteiger charge is 2.34. The fourth-order valence-corrected chi connectivity index (χ4v) is 2.48. The summed E-state index contributed by atoms with van der Waals surface area (Å²) in [5, 5.41) is 11.5. The van der Waals surface area contributed by atoms with Crippen LogP contribution in [0, 0.1) is 5.92 Å². The first kappa shape index (κ1) is 16.2. The third kappa shape index (κ3) is 5.26. The van der Waals surface area contributed by atoms with E-state index in [1.165, 1.54) is 0 Å². The lowest BCUT2D eigenvalue weighted by Crippen LogP contribution is -2.36. The minimum atomic E-state index is -1.01. The van der Waals surface area contributed by atoms with E-state index in [0.717, 1.165) is 26.1 Å². The van der Waals surface area contributed by atoms with Crippen molar-refractivity contribution in [1.29, 1.82) is 0 Å². The largest absolute Gasteiger partial charge is 0.479 e.